The standard InChI is InChI=1S/C17H14ClF3N2O2/c18-10-1-4-14-12(8-10)16(17(19,20)21,6-5-9-7-13(9)22)25-15(24)23(14)11-2-3-11/h1,4,8-9,11,13H,2-3,7,22H2/t9?,13?,16-/m0/s1. The number of rotatable bonds is 1. The molecule has 1 aromatic rings. The molecule has 4 rings (SSSR count). The van der Waals surface area contributed by atoms with E-state index in [-0.39, 0.29) is 34.3 Å². The van der Waals surface area contributed by atoms with Crippen LogP contribution < -0.4 is 10.6 Å². The summed E-state index contributed by atoms with van der Waals surface area (Å²) in [6.45, 7) is 0. The number of fused-ring (bicyclic) bond motifs is 1. The van der Waals surface area contributed by atoms with Crippen LogP contribution in [0, 0.1) is 17.8 Å². The third-order valence-electron chi connectivity index (χ3n) is 4.62. The number of halogens is 4. The first-order valence-electron chi connectivity index (χ1n) is 7.90. The normalized spacial score (nSPS) is 30.9. The summed E-state index contributed by atoms with van der Waals surface area (Å²) in [5, 5.41) is 0.117. The maximum Gasteiger partial charge on any atom is 0.445 e. The molecular formula is C17H14ClF3N2O2. The lowest BCUT2D eigenvalue weighted by molar-refractivity contribution is -0.240. The second-order valence-corrected chi connectivity index (χ2v) is 7.02. The van der Waals surface area contributed by atoms with E-state index in [0.717, 1.165) is 12.8 Å². The van der Waals surface area contributed by atoms with Gasteiger partial charge in [0.1, 0.15) is 0 Å². The Bertz CT molecular complexity index is 812. The molecule has 2 unspecified atom stereocenters. The molecular weight excluding hydrogens is 357 g/mol. The van der Waals surface area contributed by atoms with E-state index in [1.807, 2.05) is 0 Å². The van der Waals surface area contributed by atoms with Gasteiger partial charge in [-0.3, -0.25) is 4.90 Å². The molecule has 0 radical (unpaired) electrons. The first-order valence-corrected chi connectivity index (χ1v) is 8.28. The van der Waals surface area contributed by atoms with Crippen molar-refractivity contribution in [1.82, 2.24) is 0 Å². The first kappa shape index (κ1) is 16.6. The number of anilines is 1. The average molecular weight is 371 g/mol. The van der Waals surface area contributed by atoms with Gasteiger partial charge in [-0.1, -0.05) is 17.5 Å². The zero-order chi connectivity index (χ0) is 18.0. The van der Waals surface area contributed by atoms with Gasteiger partial charge in [0.05, 0.1) is 5.69 Å². The molecule has 8 heteroatoms. The van der Waals surface area contributed by atoms with Crippen molar-refractivity contribution in [2.24, 2.45) is 11.7 Å². The van der Waals surface area contributed by atoms with Crippen molar-refractivity contribution < 1.29 is 22.7 Å². The number of amides is 1. The van der Waals surface area contributed by atoms with Crippen molar-refractivity contribution in [2.45, 2.75) is 43.1 Å². The van der Waals surface area contributed by atoms with Gasteiger partial charge in [-0.15, -0.1) is 0 Å². The number of carbonyl (C=O) groups excluding carboxylic acids is 1. The zero-order valence-electron chi connectivity index (χ0n) is 12.9. The van der Waals surface area contributed by atoms with Gasteiger partial charge in [0.25, 0.3) is 5.60 Å². The monoisotopic (exact) mass is 370 g/mol. The van der Waals surface area contributed by atoms with Crippen molar-refractivity contribution in [3.05, 3.63) is 28.8 Å². The first-order chi connectivity index (χ1) is 11.7. The van der Waals surface area contributed by atoms with E-state index < -0.39 is 17.9 Å². The molecule has 4 nitrogen and oxygen atoms in total. The van der Waals surface area contributed by atoms with Crippen molar-refractivity contribution in [3.8, 4) is 11.8 Å². The number of hydrogen-bond acceptors (Lipinski definition) is 3. The Labute approximate surface area is 147 Å². The Morgan fingerprint density at radius 2 is 2.04 bits per heavy atom. The maximum absolute atomic E-state index is 14.0. The highest BCUT2D eigenvalue weighted by Crippen LogP contribution is 2.51. The highest BCUT2D eigenvalue weighted by Gasteiger charge is 2.64. The summed E-state index contributed by atoms with van der Waals surface area (Å²) in [5.74, 6) is 4.39. The highest BCUT2D eigenvalue weighted by molar-refractivity contribution is 6.30. The molecule has 2 aliphatic carbocycles. The highest BCUT2D eigenvalue weighted by atomic mass is 35.5. The number of alkyl halides is 3. The molecule has 3 atom stereocenters. The fourth-order valence-electron chi connectivity index (χ4n) is 2.96. The molecule has 0 saturated heterocycles. The molecule has 1 amide bonds. The number of benzene rings is 1. The Morgan fingerprint density at radius 1 is 1.36 bits per heavy atom. The second-order valence-electron chi connectivity index (χ2n) is 6.58. The molecule has 2 saturated carbocycles. The van der Waals surface area contributed by atoms with Crippen molar-refractivity contribution in [1.29, 1.82) is 0 Å². The van der Waals surface area contributed by atoms with Crippen LogP contribution in [0.15, 0.2) is 18.2 Å². The minimum atomic E-state index is -4.91. The average Bonchev–Trinajstić information content (AvgIpc) is 3.42. The predicted octanol–water partition coefficient (Wildman–Crippen LogP) is 3.57. The lowest BCUT2D eigenvalue weighted by atomic mass is 9.89. The van der Waals surface area contributed by atoms with Gasteiger partial charge in [-0.2, -0.15) is 13.2 Å². The summed E-state index contributed by atoms with van der Waals surface area (Å²) in [4.78, 5) is 13.7. The molecule has 1 heterocycles. The van der Waals surface area contributed by atoms with E-state index in [9.17, 15) is 18.0 Å². The van der Waals surface area contributed by atoms with E-state index in [2.05, 4.69) is 11.8 Å². The van der Waals surface area contributed by atoms with E-state index in [0.29, 0.717) is 6.42 Å². The number of nitrogens with two attached hydrogens (primary N) is 1. The quantitative estimate of drug-likeness (QED) is 0.769. The molecule has 0 spiro atoms. The number of ether oxygens (including phenoxy) is 1. The number of carbonyl (C=O) groups is 1. The molecule has 1 aromatic carbocycles. The van der Waals surface area contributed by atoms with Crippen LogP contribution in [0.4, 0.5) is 23.7 Å². The van der Waals surface area contributed by atoms with E-state index in [1.54, 1.807) is 0 Å². The van der Waals surface area contributed by atoms with Gasteiger partial charge >= 0.3 is 12.3 Å². The summed E-state index contributed by atoms with van der Waals surface area (Å²) in [6, 6.07) is 3.66. The third-order valence-corrected chi connectivity index (χ3v) is 4.85. The van der Waals surface area contributed by atoms with Crippen LogP contribution in [-0.2, 0) is 10.3 Å². The van der Waals surface area contributed by atoms with Crippen LogP contribution in [0.3, 0.4) is 0 Å². The predicted molar refractivity (Wildman–Crippen MR) is 85.0 cm³/mol. The van der Waals surface area contributed by atoms with Crippen LogP contribution >= 0.6 is 11.6 Å². The number of nitrogens with zero attached hydrogens (tertiary/aromatic N) is 1. The minimum absolute atomic E-state index is 0.117. The SMILES string of the molecule is NC1CC1C#C[C@]1(C(F)(F)F)OC(=O)N(C2CC2)c2ccc(Cl)cc21. The second kappa shape index (κ2) is 5.29. The van der Waals surface area contributed by atoms with Gasteiger partial charge in [0.15, 0.2) is 0 Å². The third kappa shape index (κ3) is 2.64. The fourth-order valence-corrected chi connectivity index (χ4v) is 3.13. The summed E-state index contributed by atoms with van der Waals surface area (Å²) in [6.07, 6.45) is -3.98. The molecule has 2 N–H and O–H groups in total. The zero-order valence-corrected chi connectivity index (χ0v) is 13.7. The molecule has 2 fully saturated rings. The van der Waals surface area contributed by atoms with Gasteiger partial charge < -0.3 is 10.5 Å². The van der Waals surface area contributed by atoms with Gasteiger partial charge in [-0.05, 0) is 43.4 Å². The fraction of sp³-hybridized carbons (Fsp3) is 0.471. The minimum Gasteiger partial charge on any atom is -0.415 e. The van der Waals surface area contributed by atoms with E-state index in [1.165, 1.54) is 23.1 Å². The number of hydrogen-bond donors (Lipinski definition) is 1. The summed E-state index contributed by atoms with van der Waals surface area (Å²) >= 11 is 5.94. The van der Waals surface area contributed by atoms with Crippen LogP contribution in [0.1, 0.15) is 24.8 Å². The van der Waals surface area contributed by atoms with Crippen molar-refractivity contribution in [3.63, 3.8) is 0 Å². The smallest absolute Gasteiger partial charge is 0.415 e. The van der Waals surface area contributed by atoms with Crippen LogP contribution in [0.2, 0.25) is 5.02 Å². The van der Waals surface area contributed by atoms with Gasteiger partial charge in [0.2, 0.25) is 0 Å². The Morgan fingerprint density at radius 3 is 2.60 bits per heavy atom. The van der Waals surface area contributed by atoms with Crippen LogP contribution in [0.5, 0.6) is 0 Å². The largest absolute Gasteiger partial charge is 0.445 e. The van der Waals surface area contributed by atoms with Gasteiger partial charge in [0, 0.05) is 28.6 Å². The summed E-state index contributed by atoms with van der Waals surface area (Å²) < 4.78 is 47.0. The lowest BCUT2D eigenvalue weighted by Gasteiger charge is -2.40. The lowest BCUT2D eigenvalue weighted by Crippen LogP contribution is -2.53. The van der Waals surface area contributed by atoms with E-state index in [4.69, 9.17) is 22.1 Å². The molecule has 1 aliphatic heterocycles. The van der Waals surface area contributed by atoms with Gasteiger partial charge in [-0.25, -0.2) is 4.79 Å². The van der Waals surface area contributed by atoms with Crippen LogP contribution in [0.25, 0.3) is 0 Å². The van der Waals surface area contributed by atoms with Crippen LogP contribution in [-0.4, -0.2) is 24.4 Å². The van der Waals surface area contributed by atoms with Crippen molar-refractivity contribution in [2.75, 3.05) is 4.90 Å². The number of cyclic esters (lactones) is 1. The van der Waals surface area contributed by atoms with E-state index >= 15 is 0 Å². The topological polar surface area (TPSA) is 55.6 Å². The summed E-state index contributed by atoms with van der Waals surface area (Å²) in [5.41, 5.74) is 2.50. The Kier molecular flexibility index (Phi) is 3.50. The molecule has 132 valence electrons. The molecule has 25 heavy (non-hydrogen) atoms. The Balaban J connectivity index is 1.90. The maximum atomic E-state index is 14.0. The Hall–Kier alpha value is -1.91. The molecule has 0 aromatic heterocycles. The van der Waals surface area contributed by atoms with Crippen molar-refractivity contribution >= 4 is 23.4 Å². The summed E-state index contributed by atoms with van der Waals surface area (Å²) in [7, 11) is 0. The molecule has 0 bridgehead atoms. The molecule has 3 aliphatic rings.